The van der Waals surface area contributed by atoms with Crippen molar-refractivity contribution in [2.24, 2.45) is 0 Å². The van der Waals surface area contributed by atoms with E-state index in [2.05, 4.69) is 31.1 Å². The summed E-state index contributed by atoms with van der Waals surface area (Å²) in [5.74, 6) is 1.08. The second-order valence-corrected chi connectivity index (χ2v) is 6.25. The summed E-state index contributed by atoms with van der Waals surface area (Å²) in [6.45, 7) is 3.30. The fourth-order valence-corrected chi connectivity index (χ4v) is 3.12. The normalized spacial score (nSPS) is 18.5. The second-order valence-electron chi connectivity index (χ2n) is 6.25. The SMILES string of the molecule is c1c[nH]c(CN2CCC[C@@H](OCc3nc(-c4ccncc4)no3)C2)c1. The largest absolute Gasteiger partial charge is 0.367 e. The minimum absolute atomic E-state index is 0.194. The molecule has 4 heterocycles. The van der Waals surface area contributed by atoms with Crippen LogP contribution in [-0.2, 0) is 17.9 Å². The first kappa shape index (κ1) is 16.0. The van der Waals surface area contributed by atoms with Gasteiger partial charge in [0, 0.05) is 42.9 Å². The molecule has 7 nitrogen and oxygen atoms in total. The topological polar surface area (TPSA) is 80.1 Å². The van der Waals surface area contributed by atoms with Gasteiger partial charge in [-0.3, -0.25) is 9.88 Å². The van der Waals surface area contributed by atoms with Crippen LogP contribution >= 0.6 is 0 Å². The Morgan fingerprint density at radius 3 is 3.04 bits per heavy atom. The first-order chi connectivity index (χ1) is 12.4. The number of aromatic amines is 1. The number of ether oxygens (including phenoxy) is 1. The highest BCUT2D eigenvalue weighted by Gasteiger charge is 2.21. The molecule has 1 fully saturated rings. The summed E-state index contributed by atoms with van der Waals surface area (Å²) in [7, 11) is 0. The number of piperidine rings is 1. The molecule has 0 aromatic carbocycles. The lowest BCUT2D eigenvalue weighted by Crippen LogP contribution is -2.39. The third-order valence-corrected chi connectivity index (χ3v) is 4.37. The number of hydrogen-bond acceptors (Lipinski definition) is 6. The second kappa shape index (κ2) is 7.58. The molecule has 25 heavy (non-hydrogen) atoms. The van der Waals surface area contributed by atoms with Crippen LogP contribution in [0.15, 0.2) is 47.4 Å². The van der Waals surface area contributed by atoms with Crippen molar-refractivity contribution in [1.82, 2.24) is 25.0 Å². The first-order valence-electron chi connectivity index (χ1n) is 8.56. The van der Waals surface area contributed by atoms with E-state index in [0.717, 1.165) is 38.0 Å². The van der Waals surface area contributed by atoms with E-state index < -0.39 is 0 Å². The predicted molar refractivity (Wildman–Crippen MR) is 91.4 cm³/mol. The summed E-state index contributed by atoms with van der Waals surface area (Å²) in [6.07, 6.45) is 7.78. The Balaban J connectivity index is 1.30. The van der Waals surface area contributed by atoms with E-state index >= 15 is 0 Å². The lowest BCUT2D eigenvalue weighted by atomic mass is 10.1. The van der Waals surface area contributed by atoms with Crippen molar-refractivity contribution in [3.63, 3.8) is 0 Å². The van der Waals surface area contributed by atoms with Crippen LogP contribution < -0.4 is 0 Å². The molecule has 4 rings (SSSR count). The summed E-state index contributed by atoms with van der Waals surface area (Å²) < 4.78 is 11.3. The molecular weight excluding hydrogens is 318 g/mol. The Kier molecular flexibility index (Phi) is 4.85. The number of hydrogen-bond donors (Lipinski definition) is 1. The molecule has 1 saturated heterocycles. The third kappa shape index (κ3) is 4.12. The molecule has 0 spiro atoms. The van der Waals surface area contributed by atoms with Gasteiger partial charge in [-0.15, -0.1) is 0 Å². The summed E-state index contributed by atoms with van der Waals surface area (Å²) in [6, 6.07) is 7.86. The number of likely N-dealkylation sites (tertiary alicyclic amines) is 1. The molecule has 0 aliphatic carbocycles. The number of rotatable bonds is 6. The molecule has 0 radical (unpaired) electrons. The van der Waals surface area contributed by atoms with Gasteiger partial charge < -0.3 is 14.2 Å². The van der Waals surface area contributed by atoms with Crippen molar-refractivity contribution in [2.45, 2.75) is 32.1 Å². The average molecular weight is 339 g/mol. The lowest BCUT2D eigenvalue weighted by molar-refractivity contribution is -0.0213. The number of nitrogens with one attached hydrogen (secondary N) is 1. The molecule has 3 aromatic rings. The molecule has 0 unspecified atom stereocenters. The molecule has 0 saturated carbocycles. The highest BCUT2D eigenvalue weighted by atomic mass is 16.5. The molecular formula is C18H21N5O2. The number of pyridine rings is 1. The van der Waals surface area contributed by atoms with Crippen LogP contribution in [-0.4, -0.2) is 44.2 Å². The standard InChI is InChI=1S/C18H21N5O2/c1-3-15(20-7-1)11-23-10-2-4-16(12-23)24-13-17-21-18(22-25-17)14-5-8-19-9-6-14/h1,3,5-9,16,20H,2,4,10-13H2/t16-/m1/s1. The summed E-state index contributed by atoms with van der Waals surface area (Å²) >= 11 is 0. The summed E-state index contributed by atoms with van der Waals surface area (Å²) in [5, 5.41) is 4.01. The van der Waals surface area contributed by atoms with Gasteiger partial charge in [-0.1, -0.05) is 5.16 Å². The van der Waals surface area contributed by atoms with Gasteiger partial charge in [0.15, 0.2) is 0 Å². The van der Waals surface area contributed by atoms with Crippen molar-refractivity contribution < 1.29 is 9.26 Å². The zero-order chi connectivity index (χ0) is 16.9. The van der Waals surface area contributed by atoms with Crippen molar-refractivity contribution in [3.8, 4) is 11.4 Å². The lowest BCUT2D eigenvalue weighted by Gasteiger charge is -2.32. The molecule has 1 atom stereocenters. The van der Waals surface area contributed by atoms with Gasteiger partial charge in [0.1, 0.15) is 6.61 Å². The van der Waals surface area contributed by atoms with Gasteiger partial charge in [0.05, 0.1) is 6.10 Å². The van der Waals surface area contributed by atoms with Crippen LogP contribution in [0.25, 0.3) is 11.4 Å². The van der Waals surface area contributed by atoms with Gasteiger partial charge >= 0.3 is 0 Å². The zero-order valence-corrected chi connectivity index (χ0v) is 14.0. The van der Waals surface area contributed by atoms with E-state index in [4.69, 9.17) is 9.26 Å². The van der Waals surface area contributed by atoms with Crippen LogP contribution in [0.4, 0.5) is 0 Å². The number of aromatic nitrogens is 4. The molecule has 7 heteroatoms. The monoisotopic (exact) mass is 339 g/mol. The highest BCUT2D eigenvalue weighted by Crippen LogP contribution is 2.18. The van der Waals surface area contributed by atoms with Crippen LogP contribution in [0, 0.1) is 0 Å². The molecule has 130 valence electrons. The van der Waals surface area contributed by atoms with Gasteiger partial charge in [0.2, 0.25) is 5.82 Å². The van der Waals surface area contributed by atoms with E-state index in [9.17, 15) is 0 Å². The molecule has 0 bridgehead atoms. The van der Waals surface area contributed by atoms with E-state index in [0.29, 0.717) is 18.3 Å². The van der Waals surface area contributed by atoms with Gasteiger partial charge in [-0.25, -0.2) is 0 Å². The maximum absolute atomic E-state index is 6.01. The highest BCUT2D eigenvalue weighted by molar-refractivity contribution is 5.52. The van der Waals surface area contributed by atoms with Crippen molar-refractivity contribution in [2.75, 3.05) is 13.1 Å². The van der Waals surface area contributed by atoms with Crippen LogP contribution in [0.3, 0.4) is 0 Å². The van der Waals surface area contributed by atoms with E-state index in [1.165, 1.54) is 5.69 Å². The van der Waals surface area contributed by atoms with E-state index in [-0.39, 0.29) is 6.10 Å². The molecule has 1 N–H and O–H groups in total. The number of H-pyrrole nitrogens is 1. The molecule has 3 aromatic heterocycles. The first-order valence-corrected chi connectivity index (χ1v) is 8.56. The smallest absolute Gasteiger partial charge is 0.252 e. The van der Waals surface area contributed by atoms with Crippen molar-refractivity contribution in [1.29, 1.82) is 0 Å². The average Bonchev–Trinajstić information content (AvgIpc) is 3.33. The van der Waals surface area contributed by atoms with Gasteiger partial charge in [-0.2, -0.15) is 4.98 Å². The zero-order valence-electron chi connectivity index (χ0n) is 14.0. The van der Waals surface area contributed by atoms with Crippen molar-refractivity contribution >= 4 is 0 Å². The number of nitrogens with zero attached hydrogens (tertiary/aromatic N) is 4. The minimum atomic E-state index is 0.194. The quantitative estimate of drug-likeness (QED) is 0.744. The Bertz CT molecular complexity index is 772. The van der Waals surface area contributed by atoms with Gasteiger partial charge in [-0.05, 0) is 43.7 Å². The summed E-state index contributed by atoms with van der Waals surface area (Å²) in [4.78, 5) is 14.1. The maximum Gasteiger partial charge on any atom is 0.252 e. The summed E-state index contributed by atoms with van der Waals surface area (Å²) in [5.41, 5.74) is 2.12. The van der Waals surface area contributed by atoms with E-state index in [1.807, 2.05) is 24.4 Å². The van der Waals surface area contributed by atoms with Crippen molar-refractivity contribution in [3.05, 3.63) is 54.4 Å². The Hall–Kier alpha value is -2.51. The van der Waals surface area contributed by atoms with Crippen LogP contribution in [0.2, 0.25) is 0 Å². The molecule has 1 aliphatic rings. The minimum Gasteiger partial charge on any atom is -0.367 e. The Morgan fingerprint density at radius 1 is 1.28 bits per heavy atom. The van der Waals surface area contributed by atoms with Crippen LogP contribution in [0.5, 0.6) is 0 Å². The van der Waals surface area contributed by atoms with E-state index in [1.54, 1.807) is 12.4 Å². The Labute approximate surface area is 146 Å². The molecule has 1 aliphatic heterocycles. The third-order valence-electron chi connectivity index (χ3n) is 4.37. The van der Waals surface area contributed by atoms with Gasteiger partial charge in [0.25, 0.3) is 5.89 Å². The fraction of sp³-hybridized carbons (Fsp3) is 0.389. The maximum atomic E-state index is 6.01. The van der Waals surface area contributed by atoms with Crippen LogP contribution in [0.1, 0.15) is 24.4 Å². The predicted octanol–water partition coefficient (Wildman–Crippen LogP) is 2.64. The molecule has 0 amide bonds. The fourth-order valence-electron chi connectivity index (χ4n) is 3.12. The Morgan fingerprint density at radius 2 is 2.20 bits per heavy atom.